The molecule has 31 heavy (non-hydrogen) atoms. The Labute approximate surface area is 187 Å². The average molecular weight is 499 g/mol. The molecule has 1 aromatic carbocycles. The summed E-state index contributed by atoms with van der Waals surface area (Å²) >= 11 is 7.25. The Bertz CT molecular complexity index is 970. The Hall–Kier alpha value is -1.76. The average Bonchev–Trinajstić information content (AvgIpc) is 3.21. The summed E-state index contributed by atoms with van der Waals surface area (Å²) in [7, 11) is -4.48. The van der Waals surface area contributed by atoms with Crippen molar-refractivity contribution in [2.24, 2.45) is 0 Å². The first-order chi connectivity index (χ1) is 14.5. The van der Waals surface area contributed by atoms with Crippen LogP contribution in [0.5, 0.6) is 0 Å². The maximum absolute atomic E-state index is 13.0. The summed E-state index contributed by atoms with van der Waals surface area (Å²) in [5.41, 5.74) is -1.15. The number of nitrogens with zero attached hydrogens (tertiary/aromatic N) is 2. The Kier molecular flexibility index (Phi) is 9.22. The van der Waals surface area contributed by atoms with Crippen LogP contribution in [0, 0.1) is 0 Å². The van der Waals surface area contributed by atoms with Crippen LogP contribution in [0.1, 0.15) is 18.4 Å². The minimum Gasteiger partial charge on any atom is -0.355 e. The molecule has 0 aliphatic rings. The van der Waals surface area contributed by atoms with Crippen molar-refractivity contribution in [3.05, 3.63) is 47.2 Å². The van der Waals surface area contributed by atoms with Crippen molar-refractivity contribution in [1.29, 1.82) is 0 Å². The van der Waals surface area contributed by atoms with E-state index in [0.29, 0.717) is 30.9 Å². The molecule has 1 heterocycles. The first-order valence-corrected chi connectivity index (χ1v) is 12.4. The number of hydrogen-bond donors (Lipinski definition) is 2. The lowest BCUT2D eigenvalue weighted by Gasteiger charge is -2.19. The van der Waals surface area contributed by atoms with E-state index in [9.17, 15) is 26.4 Å². The Morgan fingerprint density at radius 2 is 2.10 bits per heavy atom. The third-order valence-corrected chi connectivity index (χ3v) is 6.79. The summed E-state index contributed by atoms with van der Waals surface area (Å²) in [4.78, 5) is 11.8. The smallest absolute Gasteiger partial charge is 0.355 e. The van der Waals surface area contributed by atoms with Crippen molar-refractivity contribution >= 4 is 39.3 Å². The molecular weight excluding hydrogens is 477 g/mol. The number of halogens is 4. The molecule has 0 bridgehead atoms. The van der Waals surface area contributed by atoms with E-state index in [2.05, 4.69) is 15.1 Å². The Morgan fingerprint density at radius 1 is 1.35 bits per heavy atom. The standard InChI is InChI=1S/C18H22ClF3N4O3S2/c1-30-11-6-15(17(27)23-7-2-9-26-10-3-8-24-26)25-31(28,29)16-12-13(18(20,21)22)4-5-14(16)19/h3-5,8,10,12,15,25H,2,6-7,9,11H2,1H3,(H,23,27)/t15-/m1/s1. The van der Waals surface area contributed by atoms with Gasteiger partial charge in [0.1, 0.15) is 10.9 Å². The molecule has 1 aromatic heterocycles. The molecule has 2 rings (SSSR count). The van der Waals surface area contributed by atoms with Gasteiger partial charge in [0.15, 0.2) is 0 Å². The number of rotatable bonds is 11. The SMILES string of the molecule is CSCC[C@@H](NS(=O)(=O)c1cc(C(F)(F)F)ccc1Cl)C(=O)NCCCn1cccn1. The van der Waals surface area contributed by atoms with Gasteiger partial charge in [-0.05, 0) is 49.1 Å². The molecule has 2 aromatic rings. The summed E-state index contributed by atoms with van der Waals surface area (Å²) < 4.78 is 68.3. The number of amides is 1. The Morgan fingerprint density at radius 3 is 2.71 bits per heavy atom. The quantitative estimate of drug-likeness (QED) is 0.464. The summed E-state index contributed by atoms with van der Waals surface area (Å²) in [5.74, 6) is -0.106. The van der Waals surface area contributed by atoms with Gasteiger partial charge in [-0.3, -0.25) is 9.48 Å². The van der Waals surface area contributed by atoms with E-state index in [1.54, 1.807) is 29.4 Å². The number of carbonyl (C=O) groups excluding carboxylic acids is 1. The van der Waals surface area contributed by atoms with E-state index in [1.807, 2.05) is 0 Å². The molecule has 7 nitrogen and oxygen atoms in total. The van der Waals surface area contributed by atoms with Crippen molar-refractivity contribution in [2.75, 3.05) is 18.6 Å². The molecule has 0 aliphatic carbocycles. The second-order valence-electron chi connectivity index (χ2n) is 6.51. The van der Waals surface area contributed by atoms with Crippen LogP contribution in [0.4, 0.5) is 13.2 Å². The van der Waals surface area contributed by atoms with Gasteiger partial charge in [-0.15, -0.1) is 0 Å². The number of benzene rings is 1. The number of alkyl halides is 3. The molecule has 13 heteroatoms. The van der Waals surface area contributed by atoms with Gasteiger partial charge in [0.25, 0.3) is 0 Å². The summed E-state index contributed by atoms with van der Waals surface area (Å²) in [6.07, 6.45) is 1.17. The summed E-state index contributed by atoms with van der Waals surface area (Å²) in [6, 6.07) is 2.63. The number of aryl methyl sites for hydroxylation is 1. The minimum absolute atomic E-state index is 0.155. The monoisotopic (exact) mass is 498 g/mol. The summed E-state index contributed by atoms with van der Waals surface area (Å²) in [6.45, 7) is 0.842. The number of nitrogens with one attached hydrogen (secondary N) is 2. The van der Waals surface area contributed by atoms with Crippen LogP contribution in [0.2, 0.25) is 5.02 Å². The van der Waals surface area contributed by atoms with Gasteiger partial charge in [0, 0.05) is 25.5 Å². The molecule has 0 aliphatic heterocycles. The van der Waals surface area contributed by atoms with E-state index in [-0.39, 0.29) is 18.0 Å². The lowest BCUT2D eigenvalue weighted by atomic mass is 10.2. The highest BCUT2D eigenvalue weighted by Crippen LogP contribution is 2.33. The minimum atomic E-state index is -4.74. The Balaban J connectivity index is 2.10. The fourth-order valence-electron chi connectivity index (χ4n) is 2.62. The zero-order valence-corrected chi connectivity index (χ0v) is 18.9. The molecule has 2 N–H and O–H groups in total. The fraction of sp³-hybridized carbons (Fsp3) is 0.444. The molecule has 172 valence electrons. The third kappa shape index (κ3) is 7.70. The first-order valence-electron chi connectivity index (χ1n) is 9.18. The largest absolute Gasteiger partial charge is 0.416 e. The second-order valence-corrected chi connectivity index (χ2v) is 9.59. The van der Waals surface area contributed by atoms with Crippen molar-refractivity contribution < 1.29 is 26.4 Å². The molecule has 0 saturated heterocycles. The lowest BCUT2D eigenvalue weighted by Crippen LogP contribution is -2.47. The van der Waals surface area contributed by atoms with E-state index >= 15 is 0 Å². The topological polar surface area (TPSA) is 93.1 Å². The molecule has 0 unspecified atom stereocenters. The molecular formula is C18H22ClF3N4O3S2. The highest BCUT2D eigenvalue weighted by Gasteiger charge is 2.34. The van der Waals surface area contributed by atoms with Gasteiger partial charge in [0.05, 0.1) is 10.6 Å². The van der Waals surface area contributed by atoms with Gasteiger partial charge in [-0.2, -0.15) is 34.8 Å². The highest BCUT2D eigenvalue weighted by atomic mass is 35.5. The number of thioether (sulfide) groups is 1. The zero-order chi connectivity index (χ0) is 23.1. The maximum atomic E-state index is 13.0. The molecule has 0 saturated carbocycles. The molecule has 0 fully saturated rings. The van der Waals surface area contributed by atoms with E-state index in [0.717, 1.165) is 6.07 Å². The van der Waals surface area contributed by atoms with Crippen molar-refractivity contribution in [3.8, 4) is 0 Å². The van der Waals surface area contributed by atoms with Gasteiger partial charge >= 0.3 is 6.18 Å². The molecule has 0 spiro atoms. The van der Waals surface area contributed by atoms with E-state index in [4.69, 9.17) is 11.6 Å². The lowest BCUT2D eigenvalue weighted by molar-refractivity contribution is -0.137. The second kappa shape index (κ2) is 11.2. The van der Waals surface area contributed by atoms with Crippen LogP contribution >= 0.6 is 23.4 Å². The predicted octanol–water partition coefficient (Wildman–Crippen LogP) is 3.16. The predicted molar refractivity (Wildman–Crippen MR) is 113 cm³/mol. The summed E-state index contributed by atoms with van der Waals surface area (Å²) in [5, 5.41) is 6.32. The normalized spacial score (nSPS) is 13.2. The van der Waals surface area contributed by atoms with Crippen molar-refractivity contribution in [2.45, 2.75) is 36.5 Å². The van der Waals surface area contributed by atoms with Crippen molar-refractivity contribution in [3.63, 3.8) is 0 Å². The molecule has 1 amide bonds. The van der Waals surface area contributed by atoms with Gasteiger partial charge in [-0.1, -0.05) is 11.6 Å². The van der Waals surface area contributed by atoms with Crippen LogP contribution in [-0.4, -0.2) is 48.7 Å². The van der Waals surface area contributed by atoms with Gasteiger partial charge < -0.3 is 5.32 Å². The maximum Gasteiger partial charge on any atom is 0.416 e. The number of hydrogen-bond acceptors (Lipinski definition) is 5. The van der Waals surface area contributed by atoms with Gasteiger partial charge in [0.2, 0.25) is 15.9 Å². The molecule has 1 atom stereocenters. The van der Waals surface area contributed by atoms with Crippen LogP contribution < -0.4 is 10.0 Å². The van der Waals surface area contributed by atoms with E-state index in [1.165, 1.54) is 11.8 Å². The highest BCUT2D eigenvalue weighted by molar-refractivity contribution is 7.98. The van der Waals surface area contributed by atoms with Crippen LogP contribution in [0.25, 0.3) is 0 Å². The number of carbonyl (C=O) groups is 1. The van der Waals surface area contributed by atoms with Gasteiger partial charge in [-0.25, -0.2) is 8.42 Å². The number of aromatic nitrogens is 2. The van der Waals surface area contributed by atoms with E-state index < -0.39 is 38.6 Å². The van der Waals surface area contributed by atoms with Crippen LogP contribution in [-0.2, 0) is 27.5 Å². The van der Waals surface area contributed by atoms with Crippen LogP contribution in [0.15, 0.2) is 41.6 Å². The first kappa shape index (κ1) is 25.5. The third-order valence-electron chi connectivity index (χ3n) is 4.20. The van der Waals surface area contributed by atoms with Crippen LogP contribution in [0.3, 0.4) is 0 Å². The van der Waals surface area contributed by atoms with Crippen molar-refractivity contribution in [1.82, 2.24) is 19.8 Å². The zero-order valence-electron chi connectivity index (χ0n) is 16.5. The fourth-order valence-corrected chi connectivity index (χ4v) is 4.85. The molecule has 0 radical (unpaired) electrons. The number of sulfonamides is 1.